The summed E-state index contributed by atoms with van der Waals surface area (Å²) in [5, 5.41) is 0.542. The van der Waals surface area contributed by atoms with Gasteiger partial charge in [-0.15, -0.1) is 0 Å². The van der Waals surface area contributed by atoms with Gasteiger partial charge in [-0.1, -0.05) is 24.4 Å². The monoisotopic (exact) mass is 519 g/mol. The number of hydrogen-bond donors (Lipinski definition) is 0. The summed E-state index contributed by atoms with van der Waals surface area (Å²) in [6.45, 7) is 3.80. The first-order valence-corrected chi connectivity index (χ1v) is 15.5. The molecule has 0 radical (unpaired) electrons. The molecule has 0 spiro atoms. The number of carbonyl (C=O) groups excluding carboxylic acids is 1. The molecule has 5 aliphatic rings. The minimum Gasteiger partial charge on any atom is -0.340 e. The molecule has 3 heterocycles. The second-order valence-corrected chi connectivity index (χ2v) is 14.0. The Kier molecular flexibility index (Phi) is 6.43. The van der Waals surface area contributed by atoms with Crippen LogP contribution in [-0.2, 0) is 14.8 Å². The predicted octanol–water partition coefficient (Wildman–Crippen LogP) is 4.53. The van der Waals surface area contributed by atoms with Gasteiger partial charge in [0.05, 0.1) is 4.90 Å². The molecule has 8 heteroatoms. The predicted molar refractivity (Wildman–Crippen MR) is 137 cm³/mol. The number of benzene rings is 1. The lowest BCUT2D eigenvalue weighted by atomic mass is 9.83. The number of rotatable bonds is 6. The number of halogens is 1. The van der Waals surface area contributed by atoms with E-state index in [1.807, 2.05) is 4.31 Å². The zero-order valence-corrected chi connectivity index (χ0v) is 22.2. The standard InChI is InChI=1S/C27H38ClN3O3S/c28-21-9-11-23(12-10-21)35(33,34)31-24(20-7-8-20)5-3-6-25(31)27(13-14-27)18-26(32)30-17-16-29-15-2-1-4-22(29)19-30/h9-12,20,22,24-25H,1-8,13-19H2/t22?,24-,25+/m0/s1. The van der Waals surface area contributed by atoms with Gasteiger partial charge in [0.2, 0.25) is 15.9 Å². The Morgan fingerprint density at radius 2 is 1.71 bits per heavy atom. The Labute approximate surface area is 215 Å². The highest BCUT2D eigenvalue weighted by Gasteiger charge is 2.59. The Morgan fingerprint density at radius 1 is 0.943 bits per heavy atom. The molecule has 1 amide bonds. The van der Waals surface area contributed by atoms with E-state index in [2.05, 4.69) is 9.80 Å². The summed E-state index contributed by atoms with van der Waals surface area (Å²) in [6, 6.07) is 7.10. The van der Waals surface area contributed by atoms with E-state index in [4.69, 9.17) is 11.6 Å². The maximum absolute atomic E-state index is 14.1. The summed E-state index contributed by atoms with van der Waals surface area (Å²) >= 11 is 6.07. The molecular weight excluding hydrogens is 482 g/mol. The molecule has 6 nitrogen and oxygen atoms in total. The quantitative estimate of drug-likeness (QED) is 0.554. The van der Waals surface area contributed by atoms with Crippen LogP contribution >= 0.6 is 11.6 Å². The van der Waals surface area contributed by atoms with Crippen LogP contribution in [-0.4, -0.2) is 72.7 Å². The molecule has 3 saturated heterocycles. The number of hydrogen-bond acceptors (Lipinski definition) is 4. The second-order valence-electron chi connectivity index (χ2n) is 11.7. The second kappa shape index (κ2) is 9.30. The zero-order chi connectivity index (χ0) is 24.2. The van der Waals surface area contributed by atoms with Crippen LogP contribution in [0.2, 0.25) is 5.02 Å². The Morgan fingerprint density at radius 3 is 2.43 bits per heavy atom. The number of nitrogens with zero attached hydrogens (tertiary/aromatic N) is 3. The van der Waals surface area contributed by atoms with Gasteiger partial charge in [0.15, 0.2) is 0 Å². The third-order valence-electron chi connectivity index (χ3n) is 9.46. The maximum atomic E-state index is 14.1. The number of carbonyl (C=O) groups is 1. The van der Waals surface area contributed by atoms with Crippen LogP contribution in [0, 0.1) is 11.3 Å². The van der Waals surface area contributed by atoms with Gasteiger partial charge < -0.3 is 4.90 Å². The van der Waals surface area contributed by atoms with Crippen molar-refractivity contribution >= 4 is 27.5 Å². The lowest BCUT2D eigenvalue weighted by Gasteiger charge is -2.46. The van der Waals surface area contributed by atoms with E-state index < -0.39 is 10.0 Å². The first kappa shape index (κ1) is 24.2. The minimum absolute atomic E-state index is 0.0628. The molecule has 3 aliphatic heterocycles. The van der Waals surface area contributed by atoms with Gasteiger partial charge in [0.1, 0.15) is 0 Å². The molecule has 1 aromatic rings. The van der Waals surface area contributed by atoms with Crippen LogP contribution in [0.3, 0.4) is 0 Å². The van der Waals surface area contributed by atoms with Crippen molar-refractivity contribution in [3.05, 3.63) is 29.3 Å². The molecule has 0 N–H and O–H groups in total. The van der Waals surface area contributed by atoms with Gasteiger partial charge in [-0.25, -0.2) is 8.42 Å². The van der Waals surface area contributed by atoms with E-state index in [1.165, 1.54) is 25.8 Å². The average Bonchev–Trinajstić information content (AvgIpc) is 3.79. The molecule has 2 saturated carbocycles. The van der Waals surface area contributed by atoms with Gasteiger partial charge in [0, 0.05) is 49.2 Å². The van der Waals surface area contributed by atoms with Gasteiger partial charge in [-0.3, -0.25) is 9.69 Å². The fourth-order valence-corrected chi connectivity index (χ4v) is 9.31. The topological polar surface area (TPSA) is 60.9 Å². The van der Waals surface area contributed by atoms with Crippen molar-refractivity contribution in [2.75, 3.05) is 26.2 Å². The van der Waals surface area contributed by atoms with Crippen LogP contribution in [0.1, 0.15) is 70.6 Å². The van der Waals surface area contributed by atoms with E-state index >= 15 is 0 Å². The smallest absolute Gasteiger partial charge is 0.243 e. The third kappa shape index (κ3) is 4.67. The van der Waals surface area contributed by atoms with Gasteiger partial charge in [-0.05, 0) is 93.5 Å². The van der Waals surface area contributed by atoms with Crippen LogP contribution in [0.15, 0.2) is 29.2 Å². The molecule has 35 heavy (non-hydrogen) atoms. The normalized spacial score (nSPS) is 31.7. The van der Waals surface area contributed by atoms with Crippen LogP contribution < -0.4 is 0 Å². The van der Waals surface area contributed by atoms with Crippen molar-refractivity contribution in [2.45, 2.75) is 93.7 Å². The van der Waals surface area contributed by atoms with Crippen molar-refractivity contribution in [1.82, 2.24) is 14.1 Å². The molecule has 3 atom stereocenters. The molecule has 0 aromatic heterocycles. The number of piperazine rings is 1. The van der Waals surface area contributed by atoms with Gasteiger partial charge in [-0.2, -0.15) is 4.31 Å². The van der Waals surface area contributed by atoms with Crippen LogP contribution in [0.25, 0.3) is 0 Å². The average molecular weight is 520 g/mol. The first-order chi connectivity index (χ1) is 16.9. The largest absolute Gasteiger partial charge is 0.340 e. The molecule has 192 valence electrons. The lowest BCUT2D eigenvalue weighted by molar-refractivity contribution is -0.136. The first-order valence-electron chi connectivity index (χ1n) is 13.7. The zero-order valence-electron chi connectivity index (χ0n) is 20.6. The van der Waals surface area contributed by atoms with E-state index in [9.17, 15) is 13.2 Å². The molecule has 0 bridgehead atoms. The van der Waals surface area contributed by atoms with Crippen molar-refractivity contribution in [3.63, 3.8) is 0 Å². The number of piperidine rings is 2. The summed E-state index contributed by atoms with van der Waals surface area (Å²) in [5.74, 6) is 0.705. The highest BCUT2D eigenvalue weighted by Crippen LogP contribution is 2.58. The molecule has 5 fully saturated rings. The SMILES string of the molecule is O=C(CC1([C@H]2CCC[C@@H](C3CC3)N2S(=O)(=O)c2ccc(Cl)cc2)CC1)N1CCN2CCCCC2C1. The van der Waals surface area contributed by atoms with E-state index in [-0.39, 0.29) is 23.4 Å². The van der Waals surface area contributed by atoms with Crippen LogP contribution in [0.4, 0.5) is 0 Å². The molecular formula is C27H38ClN3O3S. The van der Waals surface area contributed by atoms with E-state index in [1.54, 1.807) is 24.3 Å². The minimum atomic E-state index is -3.66. The van der Waals surface area contributed by atoms with Crippen molar-refractivity contribution < 1.29 is 13.2 Å². The molecule has 1 unspecified atom stereocenters. The highest BCUT2D eigenvalue weighted by molar-refractivity contribution is 7.89. The summed E-state index contributed by atoms with van der Waals surface area (Å²) in [5.41, 5.74) is -0.201. The van der Waals surface area contributed by atoms with E-state index in [0.29, 0.717) is 28.3 Å². The van der Waals surface area contributed by atoms with Gasteiger partial charge in [0.25, 0.3) is 0 Å². The molecule has 6 rings (SSSR count). The van der Waals surface area contributed by atoms with Gasteiger partial charge >= 0.3 is 0 Å². The summed E-state index contributed by atoms with van der Waals surface area (Å²) < 4.78 is 30.0. The Hall–Kier alpha value is -1.15. The third-order valence-corrected chi connectivity index (χ3v) is 11.7. The van der Waals surface area contributed by atoms with Crippen molar-refractivity contribution in [3.8, 4) is 0 Å². The molecule has 2 aliphatic carbocycles. The summed E-state index contributed by atoms with van der Waals surface area (Å²) in [4.78, 5) is 18.6. The van der Waals surface area contributed by atoms with Crippen molar-refractivity contribution in [1.29, 1.82) is 0 Å². The fraction of sp³-hybridized carbons (Fsp3) is 0.741. The number of fused-ring (bicyclic) bond motifs is 1. The number of amides is 1. The summed E-state index contributed by atoms with van der Waals surface area (Å²) in [6.07, 6.45) is 11.2. The van der Waals surface area contributed by atoms with Crippen LogP contribution in [0.5, 0.6) is 0 Å². The lowest BCUT2D eigenvalue weighted by Crippen LogP contribution is -2.57. The summed E-state index contributed by atoms with van der Waals surface area (Å²) in [7, 11) is -3.66. The van der Waals surface area contributed by atoms with E-state index in [0.717, 1.165) is 64.6 Å². The van der Waals surface area contributed by atoms with Crippen molar-refractivity contribution in [2.24, 2.45) is 11.3 Å². The maximum Gasteiger partial charge on any atom is 0.243 e. The Bertz CT molecular complexity index is 1050. The fourth-order valence-electron chi connectivity index (χ4n) is 7.16. The highest BCUT2D eigenvalue weighted by atomic mass is 35.5. The number of sulfonamides is 1. The molecule has 1 aromatic carbocycles. The Balaban J connectivity index is 1.24.